The van der Waals surface area contributed by atoms with Crippen LogP contribution in [0.3, 0.4) is 0 Å². The number of hydrogen-bond acceptors (Lipinski definition) is 5. The van der Waals surface area contributed by atoms with Gasteiger partial charge in [-0.25, -0.2) is 9.67 Å². The van der Waals surface area contributed by atoms with Gasteiger partial charge in [-0.2, -0.15) is 10.4 Å². The summed E-state index contributed by atoms with van der Waals surface area (Å²) >= 11 is 7.96. The average Bonchev–Trinajstić information content (AvgIpc) is 2.60. The molecule has 0 aliphatic rings. The van der Waals surface area contributed by atoms with Crippen LogP contribution in [-0.2, 0) is 6.54 Å². The number of benzene rings is 1. The van der Waals surface area contributed by atoms with Crippen LogP contribution in [0.1, 0.15) is 22.4 Å². The highest BCUT2D eigenvalue weighted by Crippen LogP contribution is 2.25. The largest absolute Gasteiger partial charge is 0.285 e. The normalized spacial score (nSPS) is 10.8. The van der Waals surface area contributed by atoms with Gasteiger partial charge in [-0.3, -0.25) is 4.79 Å². The van der Waals surface area contributed by atoms with Crippen molar-refractivity contribution in [3.8, 4) is 6.07 Å². The van der Waals surface area contributed by atoms with Crippen LogP contribution < -0.4 is 5.56 Å². The second-order valence-electron chi connectivity index (χ2n) is 5.66. The van der Waals surface area contributed by atoms with E-state index in [1.54, 1.807) is 25.6 Å². The van der Waals surface area contributed by atoms with Crippen LogP contribution in [0, 0.1) is 25.2 Å². The topological polar surface area (TPSA) is 71.6 Å². The van der Waals surface area contributed by atoms with Gasteiger partial charge in [0, 0.05) is 15.8 Å². The summed E-state index contributed by atoms with van der Waals surface area (Å²) in [7, 11) is 0. The first kappa shape index (κ1) is 17.5. The van der Waals surface area contributed by atoms with E-state index >= 15 is 0 Å². The van der Waals surface area contributed by atoms with E-state index < -0.39 is 5.56 Å². The van der Waals surface area contributed by atoms with E-state index in [4.69, 9.17) is 11.6 Å². The van der Waals surface area contributed by atoms with E-state index in [0.29, 0.717) is 22.0 Å². The summed E-state index contributed by atoms with van der Waals surface area (Å²) in [6, 6.07) is 9.84. The summed E-state index contributed by atoms with van der Waals surface area (Å²) in [5.41, 5.74) is 2.44. The summed E-state index contributed by atoms with van der Waals surface area (Å²) in [6.45, 7) is 3.66. The Bertz CT molecular complexity index is 1090. The lowest BCUT2D eigenvalue weighted by molar-refractivity contribution is 0.622. The molecule has 7 heteroatoms. The van der Waals surface area contributed by atoms with Gasteiger partial charge in [0.05, 0.1) is 17.8 Å². The van der Waals surface area contributed by atoms with Gasteiger partial charge in [-0.15, -0.1) is 11.8 Å². The van der Waals surface area contributed by atoms with Crippen LogP contribution >= 0.6 is 23.4 Å². The Balaban J connectivity index is 2.10. The van der Waals surface area contributed by atoms with Crippen molar-refractivity contribution in [3.05, 3.63) is 62.2 Å². The van der Waals surface area contributed by atoms with Crippen LogP contribution in [0.5, 0.6) is 0 Å². The molecule has 2 heterocycles. The number of fused-ring (bicyclic) bond motifs is 1. The Morgan fingerprint density at radius 3 is 2.76 bits per heavy atom. The Labute approximate surface area is 154 Å². The predicted octanol–water partition coefficient (Wildman–Crippen LogP) is 3.70. The molecule has 3 aromatic rings. The van der Waals surface area contributed by atoms with E-state index in [9.17, 15) is 10.1 Å². The quantitative estimate of drug-likeness (QED) is 0.519. The van der Waals surface area contributed by atoms with E-state index in [-0.39, 0.29) is 12.1 Å². The Hall–Kier alpha value is -2.36. The van der Waals surface area contributed by atoms with Crippen molar-refractivity contribution in [1.82, 2.24) is 14.8 Å². The Morgan fingerprint density at radius 2 is 2.08 bits per heavy atom. The van der Waals surface area contributed by atoms with Gasteiger partial charge in [-0.05, 0) is 43.9 Å². The van der Waals surface area contributed by atoms with Gasteiger partial charge in [0.15, 0.2) is 0 Å². The molecule has 0 aliphatic heterocycles. The molecule has 0 saturated heterocycles. The third-order valence-corrected chi connectivity index (χ3v) is 5.17. The van der Waals surface area contributed by atoms with Crippen molar-refractivity contribution >= 4 is 34.3 Å². The van der Waals surface area contributed by atoms with Gasteiger partial charge < -0.3 is 0 Å². The molecule has 0 unspecified atom stereocenters. The van der Waals surface area contributed by atoms with Crippen molar-refractivity contribution in [3.63, 3.8) is 0 Å². The van der Waals surface area contributed by atoms with Gasteiger partial charge in [0.25, 0.3) is 5.56 Å². The number of aryl methyl sites for hydroxylation is 1. The molecular weight excluding hydrogens is 356 g/mol. The van der Waals surface area contributed by atoms with Crippen LogP contribution in [0.15, 0.2) is 34.0 Å². The molecule has 0 radical (unpaired) electrons. The highest BCUT2D eigenvalue weighted by molar-refractivity contribution is 7.98. The third-order valence-electron chi connectivity index (χ3n) is 4.12. The first-order valence-corrected chi connectivity index (χ1v) is 9.16. The minimum atomic E-state index is -0.417. The number of rotatable bonds is 3. The van der Waals surface area contributed by atoms with Crippen molar-refractivity contribution in [1.29, 1.82) is 5.26 Å². The first-order chi connectivity index (χ1) is 11.9. The molecule has 3 rings (SSSR count). The monoisotopic (exact) mass is 370 g/mol. The number of aromatic nitrogens is 3. The lowest BCUT2D eigenvalue weighted by Gasteiger charge is -2.11. The van der Waals surface area contributed by atoms with E-state index in [0.717, 1.165) is 15.8 Å². The number of thioether (sulfide) groups is 1. The maximum Gasteiger partial charge on any atom is 0.285 e. The van der Waals surface area contributed by atoms with E-state index in [2.05, 4.69) is 10.1 Å². The molecule has 5 nitrogen and oxygen atoms in total. The standard InChI is InChI=1S/C18H15ClN4OS/c1-10-11(2)22-23(18(24)15(10)8-20)9-13-6-12-4-5-14(25-3)7-16(12)21-17(13)19/h4-7H,9H2,1-3H3. The zero-order chi connectivity index (χ0) is 18.1. The molecule has 0 aliphatic carbocycles. The lowest BCUT2D eigenvalue weighted by Crippen LogP contribution is -2.28. The van der Waals surface area contributed by atoms with Crippen molar-refractivity contribution in [2.24, 2.45) is 0 Å². The molecule has 126 valence electrons. The summed E-state index contributed by atoms with van der Waals surface area (Å²) < 4.78 is 1.27. The summed E-state index contributed by atoms with van der Waals surface area (Å²) in [5, 5.41) is 14.8. The maximum absolute atomic E-state index is 12.4. The average molecular weight is 371 g/mol. The van der Waals surface area contributed by atoms with Crippen molar-refractivity contribution in [2.45, 2.75) is 25.3 Å². The van der Waals surface area contributed by atoms with E-state index in [1.807, 2.05) is 36.6 Å². The molecular formula is C18H15ClN4OS. The molecule has 0 spiro atoms. The molecule has 25 heavy (non-hydrogen) atoms. The molecule has 0 fully saturated rings. The van der Waals surface area contributed by atoms with Crippen molar-refractivity contribution < 1.29 is 0 Å². The highest BCUT2D eigenvalue weighted by Gasteiger charge is 2.14. The molecule has 0 saturated carbocycles. The molecule has 0 bridgehead atoms. The predicted molar refractivity (Wildman–Crippen MR) is 100 cm³/mol. The van der Waals surface area contributed by atoms with Crippen LogP contribution in [0.25, 0.3) is 10.9 Å². The van der Waals surface area contributed by atoms with E-state index in [1.165, 1.54) is 4.68 Å². The number of nitriles is 1. The van der Waals surface area contributed by atoms with Gasteiger partial charge in [0.1, 0.15) is 16.8 Å². The first-order valence-electron chi connectivity index (χ1n) is 7.56. The third kappa shape index (κ3) is 3.26. The Kier molecular flexibility index (Phi) is 4.80. The number of pyridine rings is 1. The second-order valence-corrected chi connectivity index (χ2v) is 6.89. The van der Waals surface area contributed by atoms with Crippen molar-refractivity contribution in [2.75, 3.05) is 6.26 Å². The molecule has 0 N–H and O–H groups in total. The number of nitrogens with zero attached hydrogens (tertiary/aromatic N) is 4. The van der Waals surface area contributed by atoms with Gasteiger partial charge in [-0.1, -0.05) is 17.7 Å². The van der Waals surface area contributed by atoms with Crippen LogP contribution in [-0.4, -0.2) is 21.0 Å². The molecule has 1 aromatic carbocycles. The highest BCUT2D eigenvalue weighted by atomic mass is 35.5. The summed E-state index contributed by atoms with van der Waals surface area (Å²) in [6.07, 6.45) is 2.00. The fourth-order valence-corrected chi connectivity index (χ4v) is 3.22. The maximum atomic E-state index is 12.4. The fraction of sp³-hybridized carbons (Fsp3) is 0.222. The van der Waals surface area contributed by atoms with Crippen LogP contribution in [0.4, 0.5) is 0 Å². The fourth-order valence-electron chi connectivity index (χ4n) is 2.58. The minimum Gasteiger partial charge on any atom is -0.266 e. The van der Waals surface area contributed by atoms with Crippen LogP contribution in [0.2, 0.25) is 5.15 Å². The smallest absolute Gasteiger partial charge is 0.266 e. The lowest BCUT2D eigenvalue weighted by atomic mass is 10.1. The molecule has 2 aromatic heterocycles. The zero-order valence-corrected chi connectivity index (χ0v) is 15.6. The molecule has 0 amide bonds. The van der Waals surface area contributed by atoms with Gasteiger partial charge in [0.2, 0.25) is 0 Å². The number of hydrogen-bond donors (Lipinski definition) is 0. The molecule has 0 atom stereocenters. The minimum absolute atomic E-state index is 0.113. The zero-order valence-electron chi connectivity index (χ0n) is 14.0. The number of halogens is 1. The SMILES string of the molecule is CSc1ccc2cc(Cn3nc(C)c(C)c(C#N)c3=O)c(Cl)nc2c1. The summed E-state index contributed by atoms with van der Waals surface area (Å²) in [4.78, 5) is 18.0. The van der Waals surface area contributed by atoms with Gasteiger partial charge >= 0.3 is 0 Å². The Morgan fingerprint density at radius 1 is 1.32 bits per heavy atom. The summed E-state index contributed by atoms with van der Waals surface area (Å²) in [5.74, 6) is 0. The second kappa shape index (κ2) is 6.87.